The zero-order valence-electron chi connectivity index (χ0n) is 12.1. The Bertz CT molecular complexity index is 538. The number of benzene rings is 1. The van der Waals surface area contributed by atoms with E-state index < -0.39 is 10.0 Å². The number of hydrogen-bond donors (Lipinski definition) is 2. The Morgan fingerprint density at radius 2 is 1.80 bits per heavy atom. The van der Waals surface area contributed by atoms with E-state index in [0.717, 1.165) is 12.8 Å². The Kier molecular flexibility index (Phi) is 6.01. The van der Waals surface area contributed by atoms with Gasteiger partial charge in [0, 0.05) is 17.3 Å². The number of amides is 1. The normalized spacial score (nSPS) is 12.8. The molecule has 6 heteroatoms. The summed E-state index contributed by atoms with van der Waals surface area (Å²) in [5.74, 6) is -0.125. The SMILES string of the molecule is CCC[C@H](C)NC(=O)c1ccc(NS(=O)(=O)CC)cc1. The van der Waals surface area contributed by atoms with E-state index in [1.165, 1.54) is 0 Å². The largest absolute Gasteiger partial charge is 0.350 e. The fourth-order valence-corrected chi connectivity index (χ4v) is 2.39. The molecule has 0 saturated carbocycles. The number of carbonyl (C=O) groups excluding carboxylic acids is 1. The monoisotopic (exact) mass is 298 g/mol. The fraction of sp³-hybridized carbons (Fsp3) is 0.500. The second kappa shape index (κ2) is 7.28. The van der Waals surface area contributed by atoms with Crippen LogP contribution in [0.2, 0.25) is 0 Å². The van der Waals surface area contributed by atoms with Crippen molar-refractivity contribution in [1.29, 1.82) is 0 Å². The third-order valence-electron chi connectivity index (χ3n) is 2.90. The minimum Gasteiger partial charge on any atom is -0.350 e. The Morgan fingerprint density at radius 1 is 1.20 bits per heavy atom. The van der Waals surface area contributed by atoms with Crippen LogP contribution in [0.1, 0.15) is 44.0 Å². The third kappa shape index (κ3) is 5.21. The van der Waals surface area contributed by atoms with Crippen molar-refractivity contribution in [2.45, 2.75) is 39.7 Å². The first kappa shape index (κ1) is 16.5. The summed E-state index contributed by atoms with van der Waals surface area (Å²) >= 11 is 0. The Labute approximate surface area is 120 Å². The van der Waals surface area contributed by atoms with Gasteiger partial charge in [-0.3, -0.25) is 9.52 Å². The van der Waals surface area contributed by atoms with Crippen molar-refractivity contribution < 1.29 is 13.2 Å². The minimum absolute atomic E-state index is 0.0176. The lowest BCUT2D eigenvalue weighted by molar-refractivity contribution is 0.0938. The van der Waals surface area contributed by atoms with Gasteiger partial charge in [0.2, 0.25) is 10.0 Å². The van der Waals surface area contributed by atoms with Gasteiger partial charge in [-0.05, 0) is 44.5 Å². The molecule has 0 unspecified atom stereocenters. The molecular weight excluding hydrogens is 276 g/mol. The lowest BCUT2D eigenvalue weighted by Gasteiger charge is -2.13. The molecule has 2 N–H and O–H groups in total. The lowest BCUT2D eigenvalue weighted by atomic mass is 10.1. The maximum absolute atomic E-state index is 11.9. The van der Waals surface area contributed by atoms with Crippen LogP contribution in [-0.4, -0.2) is 26.1 Å². The predicted molar refractivity (Wildman–Crippen MR) is 81.4 cm³/mol. The summed E-state index contributed by atoms with van der Waals surface area (Å²) in [5.41, 5.74) is 0.984. The molecule has 0 aliphatic heterocycles. The molecule has 112 valence electrons. The highest BCUT2D eigenvalue weighted by Gasteiger charge is 2.10. The van der Waals surface area contributed by atoms with Crippen LogP contribution in [0, 0.1) is 0 Å². The summed E-state index contributed by atoms with van der Waals surface area (Å²) < 4.78 is 25.3. The van der Waals surface area contributed by atoms with Crippen LogP contribution in [-0.2, 0) is 10.0 Å². The summed E-state index contributed by atoms with van der Waals surface area (Å²) in [6, 6.07) is 6.54. The standard InChI is InChI=1S/C14H22N2O3S/c1-4-6-11(3)15-14(17)12-7-9-13(10-8-12)16-20(18,19)5-2/h7-11,16H,4-6H2,1-3H3,(H,15,17)/t11-/m0/s1. The lowest BCUT2D eigenvalue weighted by Crippen LogP contribution is -2.32. The summed E-state index contributed by atoms with van der Waals surface area (Å²) in [4.78, 5) is 11.9. The molecule has 0 heterocycles. The van der Waals surface area contributed by atoms with Crippen molar-refractivity contribution in [3.63, 3.8) is 0 Å². The van der Waals surface area contributed by atoms with Gasteiger partial charge in [0.05, 0.1) is 5.75 Å². The average Bonchev–Trinajstić information content (AvgIpc) is 2.39. The van der Waals surface area contributed by atoms with Gasteiger partial charge in [-0.15, -0.1) is 0 Å². The summed E-state index contributed by atoms with van der Waals surface area (Å²) in [5, 5.41) is 2.90. The molecule has 1 rings (SSSR count). The van der Waals surface area contributed by atoms with Gasteiger partial charge < -0.3 is 5.32 Å². The smallest absolute Gasteiger partial charge is 0.251 e. The summed E-state index contributed by atoms with van der Waals surface area (Å²) in [6.07, 6.45) is 1.94. The van der Waals surface area contributed by atoms with Gasteiger partial charge in [-0.25, -0.2) is 8.42 Å². The van der Waals surface area contributed by atoms with Gasteiger partial charge in [0.15, 0.2) is 0 Å². The van der Waals surface area contributed by atoms with Crippen molar-refractivity contribution >= 4 is 21.6 Å². The zero-order chi connectivity index (χ0) is 15.2. The molecular formula is C14H22N2O3S. The van der Waals surface area contributed by atoms with Gasteiger partial charge in [-0.2, -0.15) is 0 Å². The van der Waals surface area contributed by atoms with E-state index in [1.54, 1.807) is 31.2 Å². The molecule has 5 nitrogen and oxygen atoms in total. The van der Waals surface area contributed by atoms with Crippen molar-refractivity contribution in [2.24, 2.45) is 0 Å². The van der Waals surface area contributed by atoms with Crippen LogP contribution in [0.5, 0.6) is 0 Å². The van der Waals surface area contributed by atoms with Crippen LogP contribution in [0.25, 0.3) is 0 Å². The topological polar surface area (TPSA) is 75.3 Å². The first-order valence-corrected chi connectivity index (χ1v) is 8.44. The van der Waals surface area contributed by atoms with Crippen LogP contribution in [0.3, 0.4) is 0 Å². The van der Waals surface area contributed by atoms with Crippen LogP contribution >= 0.6 is 0 Å². The first-order chi connectivity index (χ1) is 9.38. The van der Waals surface area contributed by atoms with Crippen LogP contribution < -0.4 is 10.0 Å². The van der Waals surface area contributed by atoms with Crippen molar-refractivity contribution in [2.75, 3.05) is 10.5 Å². The van der Waals surface area contributed by atoms with Crippen LogP contribution in [0.15, 0.2) is 24.3 Å². The number of carbonyl (C=O) groups is 1. The first-order valence-electron chi connectivity index (χ1n) is 6.79. The van der Waals surface area contributed by atoms with Gasteiger partial charge in [-0.1, -0.05) is 13.3 Å². The van der Waals surface area contributed by atoms with E-state index in [4.69, 9.17) is 0 Å². The Morgan fingerprint density at radius 3 is 2.30 bits per heavy atom. The zero-order valence-corrected chi connectivity index (χ0v) is 13.0. The number of sulfonamides is 1. The summed E-state index contributed by atoms with van der Waals surface area (Å²) in [6.45, 7) is 5.60. The highest BCUT2D eigenvalue weighted by molar-refractivity contribution is 7.92. The quantitative estimate of drug-likeness (QED) is 0.811. The molecule has 1 amide bonds. The number of nitrogens with one attached hydrogen (secondary N) is 2. The molecule has 0 aliphatic rings. The van der Waals surface area contributed by atoms with E-state index in [1.807, 2.05) is 6.92 Å². The molecule has 0 aromatic heterocycles. The van der Waals surface area contributed by atoms with E-state index in [2.05, 4.69) is 17.0 Å². The second-order valence-electron chi connectivity index (χ2n) is 4.75. The van der Waals surface area contributed by atoms with Gasteiger partial charge >= 0.3 is 0 Å². The maximum Gasteiger partial charge on any atom is 0.251 e. The average molecular weight is 298 g/mol. The molecule has 20 heavy (non-hydrogen) atoms. The highest BCUT2D eigenvalue weighted by atomic mass is 32.2. The van der Waals surface area contributed by atoms with E-state index in [0.29, 0.717) is 11.3 Å². The second-order valence-corrected chi connectivity index (χ2v) is 6.76. The van der Waals surface area contributed by atoms with Crippen molar-refractivity contribution in [1.82, 2.24) is 5.32 Å². The third-order valence-corrected chi connectivity index (χ3v) is 4.21. The number of anilines is 1. The Hall–Kier alpha value is -1.56. The molecule has 0 saturated heterocycles. The molecule has 0 bridgehead atoms. The highest BCUT2D eigenvalue weighted by Crippen LogP contribution is 2.12. The molecule has 0 aliphatic carbocycles. The van der Waals surface area contributed by atoms with Gasteiger partial charge in [0.1, 0.15) is 0 Å². The molecule has 0 spiro atoms. The fourth-order valence-electron chi connectivity index (χ4n) is 1.75. The predicted octanol–water partition coefficient (Wildman–Crippen LogP) is 2.37. The van der Waals surface area contributed by atoms with E-state index in [9.17, 15) is 13.2 Å². The Balaban J connectivity index is 2.69. The number of hydrogen-bond acceptors (Lipinski definition) is 3. The van der Waals surface area contributed by atoms with Crippen molar-refractivity contribution in [3.8, 4) is 0 Å². The number of rotatable bonds is 7. The molecule has 0 fully saturated rings. The van der Waals surface area contributed by atoms with E-state index >= 15 is 0 Å². The molecule has 1 aromatic rings. The molecule has 1 aromatic carbocycles. The minimum atomic E-state index is -3.28. The van der Waals surface area contributed by atoms with Crippen LogP contribution in [0.4, 0.5) is 5.69 Å². The van der Waals surface area contributed by atoms with Crippen molar-refractivity contribution in [3.05, 3.63) is 29.8 Å². The van der Waals surface area contributed by atoms with E-state index in [-0.39, 0.29) is 17.7 Å². The molecule has 1 atom stereocenters. The maximum atomic E-state index is 11.9. The summed E-state index contributed by atoms with van der Waals surface area (Å²) in [7, 11) is -3.28. The molecule has 0 radical (unpaired) electrons. The van der Waals surface area contributed by atoms with Gasteiger partial charge in [0.25, 0.3) is 5.91 Å².